The van der Waals surface area contributed by atoms with Crippen LogP contribution in [0.3, 0.4) is 0 Å². The molecule has 0 amide bonds. The largest absolute Gasteiger partial charge is 0.330 e. The van der Waals surface area contributed by atoms with Crippen molar-refractivity contribution in [2.75, 3.05) is 6.54 Å². The molecule has 0 aromatic heterocycles. The smallest absolute Gasteiger partial charge is 0.240 e. The van der Waals surface area contributed by atoms with E-state index in [0.29, 0.717) is 17.4 Å². The summed E-state index contributed by atoms with van der Waals surface area (Å²) < 4.78 is 27.7. The lowest BCUT2D eigenvalue weighted by atomic mass is 10.0. The van der Waals surface area contributed by atoms with E-state index in [4.69, 9.17) is 5.73 Å². The SMILES string of the molecule is CC(C)Cc1ccc(S(=O)(=O)NC2CCCC2CN)cc1. The second-order valence-electron chi connectivity index (χ2n) is 6.40. The second kappa shape index (κ2) is 6.90. The van der Waals surface area contributed by atoms with Crippen LogP contribution in [0.2, 0.25) is 0 Å². The molecule has 1 aliphatic carbocycles. The molecule has 0 heterocycles. The Hall–Kier alpha value is -0.910. The summed E-state index contributed by atoms with van der Waals surface area (Å²) in [6.07, 6.45) is 3.90. The Balaban J connectivity index is 2.08. The van der Waals surface area contributed by atoms with Gasteiger partial charge in [-0.25, -0.2) is 13.1 Å². The summed E-state index contributed by atoms with van der Waals surface area (Å²) in [6, 6.07) is 7.20. The van der Waals surface area contributed by atoms with E-state index < -0.39 is 10.0 Å². The summed E-state index contributed by atoms with van der Waals surface area (Å²) in [5.41, 5.74) is 6.88. The van der Waals surface area contributed by atoms with Crippen LogP contribution in [0.1, 0.15) is 38.7 Å². The van der Waals surface area contributed by atoms with Crippen molar-refractivity contribution in [1.82, 2.24) is 4.72 Å². The summed E-state index contributed by atoms with van der Waals surface area (Å²) in [4.78, 5) is 0.345. The van der Waals surface area contributed by atoms with Crippen molar-refractivity contribution in [3.05, 3.63) is 29.8 Å². The first-order chi connectivity index (χ1) is 9.92. The molecule has 0 saturated heterocycles. The maximum Gasteiger partial charge on any atom is 0.240 e. The Bertz CT molecular complexity index is 552. The van der Waals surface area contributed by atoms with Gasteiger partial charge >= 0.3 is 0 Å². The van der Waals surface area contributed by atoms with Crippen molar-refractivity contribution in [2.24, 2.45) is 17.6 Å². The van der Waals surface area contributed by atoms with Crippen LogP contribution >= 0.6 is 0 Å². The molecular weight excluding hydrogens is 284 g/mol. The van der Waals surface area contributed by atoms with Gasteiger partial charge in [0, 0.05) is 6.04 Å². The molecule has 1 aromatic carbocycles. The van der Waals surface area contributed by atoms with Gasteiger partial charge < -0.3 is 5.73 Å². The van der Waals surface area contributed by atoms with E-state index in [-0.39, 0.29) is 12.0 Å². The van der Waals surface area contributed by atoms with Crippen LogP contribution in [0.25, 0.3) is 0 Å². The average Bonchev–Trinajstić information content (AvgIpc) is 2.85. The van der Waals surface area contributed by atoms with Gasteiger partial charge in [-0.3, -0.25) is 0 Å². The molecule has 21 heavy (non-hydrogen) atoms. The predicted molar refractivity (Wildman–Crippen MR) is 85.5 cm³/mol. The van der Waals surface area contributed by atoms with Gasteiger partial charge in [-0.05, 0) is 55.3 Å². The van der Waals surface area contributed by atoms with Gasteiger partial charge in [0.2, 0.25) is 10.0 Å². The molecule has 1 aliphatic rings. The van der Waals surface area contributed by atoms with E-state index in [2.05, 4.69) is 18.6 Å². The van der Waals surface area contributed by atoms with Crippen LogP contribution in [-0.2, 0) is 16.4 Å². The zero-order chi connectivity index (χ0) is 15.5. The minimum Gasteiger partial charge on any atom is -0.330 e. The first kappa shape index (κ1) is 16.5. The Morgan fingerprint density at radius 3 is 2.48 bits per heavy atom. The van der Waals surface area contributed by atoms with Crippen molar-refractivity contribution in [2.45, 2.75) is 50.5 Å². The second-order valence-corrected chi connectivity index (χ2v) is 8.11. The van der Waals surface area contributed by atoms with Crippen molar-refractivity contribution in [3.63, 3.8) is 0 Å². The summed E-state index contributed by atoms with van der Waals surface area (Å²) in [5.74, 6) is 0.828. The summed E-state index contributed by atoms with van der Waals surface area (Å²) in [6.45, 7) is 4.85. The third kappa shape index (κ3) is 4.28. The van der Waals surface area contributed by atoms with Crippen LogP contribution in [0.4, 0.5) is 0 Å². The Morgan fingerprint density at radius 1 is 1.24 bits per heavy atom. The number of nitrogens with two attached hydrogens (primary N) is 1. The minimum absolute atomic E-state index is 0.0182. The molecule has 4 nitrogen and oxygen atoms in total. The standard InChI is InChI=1S/C16H26N2O2S/c1-12(2)10-13-6-8-15(9-7-13)21(19,20)18-16-5-3-4-14(16)11-17/h6-9,12,14,16,18H,3-5,10-11,17H2,1-2H3. The molecule has 2 unspecified atom stereocenters. The molecule has 0 bridgehead atoms. The van der Waals surface area contributed by atoms with Crippen LogP contribution in [0.15, 0.2) is 29.2 Å². The van der Waals surface area contributed by atoms with Crippen LogP contribution in [-0.4, -0.2) is 21.0 Å². The number of rotatable bonds is 6. The zero-order valence-corrected chi connectivity index (χ0v) is 13.7. The van der Waals surface area contributed by atoms with Crippen molar-refractivity contribution < 1.29 is 8.42 Å². The highest BCUT2D eigenvalue weighted by molar-refractivity contribution is 7.89. The van der Waals surface area contributed by atoms with E-state index in [1.807, 2.05) is 12.1 Å². The summed E-state index contributed by atoms with van der Waals surface area (Å²) >= 11 is 0. The normalized spacial score (nSPS) is 22.9. The number of sulfonamides is 1. The van der Waals surface area contributed by atoms with E-state index in [1.165, 1.54) is 5.56 Å². The van der Waals surface area contributed by atoms with Gasteiger partial charge in [-0.1, -0.05) is 32.4 Å². The number of benzene rings is 1. The Morgan fingerprint density at radius 2 is 1.90 bits per heavy atom. The third-order valence-electron chi connectivity index (χ3n) is 4.15. The molecule has 2 rings (SSSR count). The Labute approximate surface area is 128 Å². The maximum atomic E-state index is 12.4. The van der Waals surface area contributed by atoms with Gasteiger partial charge in [0.05, 0.1) is 4.90 Å². The molecule has 0 aliphatic heterocycles. The number of nitrogens with one attached hydrogen (secondary N) is 1. The fourth-order valence-electron chi connectivity index (χ4n) is 3.02. The Kier molecular flexibility index (Phi) is 5.41. The van der Waals surface area contributed by atoms with Crippen molar-refractivity contribution >= 4 is 10.0 Å². The highest BCUT2D eigenvalue weighted by Gasteiger charge is 2.30. The van der Waals surface area contributed by atoms with Crippen molar-refractivity contribution in [3.8, 4) is 0 Å². The van der Waals surface area contributed by atoms with Gasteiger partial charge in [0.1, 0.15) is 0 Å². The highest BCUT2D eigenvalue weighted by Crippen LogP contribution is 2.26. The zero-order valence-electron chi connectivity index (χ0n) is 12.9. The van der Waals surface area contributed by atoms with Crippen LogP contribution in [0.5, 0.6) is 0 Å². The third-order valence-corrected chi connectivity index (χ3v) is 5.65. The molecule has 1 fully saturated rings. The van der Waals surface area contributed by atoms with Crippen molar-refractivity contribution in [1.29, 1.82) is 0 Å². The van der Waals surface area contributed by atoms with E-state index in [9.17, 15) is 8.42 Å². The van der Waals surface area contributed by atoms with E-state index in [0.717, 1.165) is 25.7 Å². The highest BCUT2D eigenvalue weighted by atomic mass is 32.2. The maximum absolute atomic E-state index is 12.4. The van der Waals surface area contributed by atoms with Gasteiger partial charge in [-0.2, -0.15) is 0 Å². The molecule has 1 saturated carbocycles. The quantitative estimate of drug-likeness (QED) is 0.847. The van der Waals surface area contributed by atoms with Gasteiger partial charge in [-0.15, -0.1) is 0 Å². The molecule has 0 radical (unpaired) electrons. The molecule has 118 valence electrons. The lowest BCUT2D eigenvalue weighted by Crippen LogP contribution is -2.39. The topological polar surface area (TPSA) is 72.2 Å². The molecule has 2 atom stereocenters. The summed E-state index contributed by atoms with van der Waals surface area (Å²) in [7, 11) is -3.44. The molecule has 0 spiro atoms. The molecular formula is C16H26N2O2S. The van der Waals surface area contributed by atoms with E-state index >= 15 is 0 Å². The minimum atomic E-state index is -3.44. The summed E-state index contributed by atoms with van der Waals surface area (Å²) in [5, 5.41) is 0. The number of hydrogen-bond acceptors (Lipinski definition) is 3. The average molecular weight is 310 g/mol. The fraction of sp³-hybridized carbons (Fsp3) is 0.625. The van der Waals surface area contributed by atoms with Gasteiger partial charge in [0.15, 0.2) is 0 Å². The number of hydrogen-bond donors (Lipinski definition) is 2. The first-order valence-corrected chi connectivity index (χ1v) is 9.22. The first-order valence-electron chi connectivity index (χ1n) is 7.73. The molecule has 3 N–H and O–H groups in total. The lowest BCUT2D eigenvalue weighted by molar-refractivity contribution is 0.453. The van der Waals surface area contributed by atoms with Gasteiger partial charge in [0.25, 0.3) is 0 Å². The molecule has 5 heteroatoms. The van der Waals surface area contributed by atoms with Crippen LogP contribution in [0, 0.1) is 11.8 Å². The predicted octanol–water partition coefficient (Wildman–Crippen LogP) is 2.29. The van der Waals surface area contributed by atoms with E-state index in [1.54, 1.807) is 12.1 Å². The molecule has 1 aromatic rings. The fourth-order valence-corrected chi connectivity index (χ4v) is 4.36. The van der Waals surface area contributed by atoms with Crippen LogP contribution < -0.4 is 10.5 Å². The monoisotopic (exact) mass is 310 g/mol. The lowest BCUT2D eigenvalue weighted by Gasteiger charge is -2.19.